The molecule has 0 aliphatic carbocycles. The van der Waals surface area contributed by atoms with E-state index in [2.05, 4.69) is 16.3 Å². The summed E-state index contributed by atoms with van der Waals surface area (Å²) in [6, 6.07) is 10.1. The van der Waals surface area contributed by atoms with E-state index in [0.717, 1.165) is 0 Å². The standard InChI is InChI=1S/C6H5.2C2H5O.Al/c1-2-4-6-5-3-1;2*1-2-3;/h1-5H;2*2H2,1H3;/q;2*-1;+2. The molecule has 0 heterocycles. The van der Waals surface area contributed by atoms with Gasteiger partial charge in [0.25, 0.3) is 0 Å². The van der Waals surface area contributed by atoms with Crippen LogP contribution in [0.4, 0.5) is 0 Å². The summed E-state index contributed by atoms with van der Waals surface area (Å²) < 4.78 is 1.24. The van der Waals surface area contributed by atoms with E-state index in [0.29, 0.717) is 0 Å². The molecule has 0 spiro atoms. The zero-order valence-corrected chi connectivity index (χ0v) is 9.35. The van der Waals surface area contributed by atoms with Gasteiger partial charge in [0.05, 0.1) is 0 Å². The number of hydrogen-bond donors (Lipinski definition) is 0. The summed E-state index contributed by atoms with van der Waals surface area (Å²) in [4.78, 5) is 0. The van der Waals surface area contributed by atoms with Crippen LogP contribution < -0.4 is 14.6 Å². The molecule has 0 saturated heterocycles. The van der Waals surface area contributed by atoms with E-state index < -0.39 is 0 Å². The minimum atomic E-state index is 0. The van der Waals surface area contributed by atoms with Gasteiger partial charge in [0.1, 0.15) is 0 Å². The fourth-order valence-corrected chi connectivity index (χ4v) is 0.675. The van der Waals surface area contributed by atoms with E-state index >= 15 is 0 Å². The van der Waals surface area contributed by atoms with Crippen molar-refractivity contribution in [2.24, 2.45) is 0 Å². The fraction of sp³-hybridized carbons (Fsp3) is 0.400. The van der Waals surface area contributed by atoms with Crippen LogP contribution in [0, 0.1) is 0 Å². The van der Waals surface area contributed by atoms with Gasteiger partial charge in [-0.05, 0) is 0 Å². The first-order valence-electron chi connectivity index (χ1n) is 4.19. The van der Waals surface area contributed by atoms with Crippen molar-refractivity contribution in [3.8, 4) is 0 Å². The van der Waals surface area contributed by atoms with E-state index in [1.807, 2.05) is 30.3 Å². The van der Waals surface area contributed by atoms with E-state index in [9.17, 15) is 0 Å². The molecule has 0 atom stereocenters. The number of rotatable bonds is 0. The van der Waals surface area contributed by atoms with Gasteiger partial charge in [-0.1, -0.05) is 13.8 Å². The van der Waals surface area contributed by atoms with Crippen molar-refractivity contribution in [1.29, 1.82) is 0 Å². The van der Waals surface area contributed by atoms with Crippen LogP contribution in [0.2, 0.25) is 0 Å². The van der Waals surface area contributed by atoms with Crippen LogP contribution in [0.3, 0.4) is 0 Å². The van der Waals surface area contributed by atoms with Crippen molar-refractivity contribution in [2.75, 3.05) is 13.2 Å². The average Bonchev–Trinajstić information content (AvgIpc) is 2.08. The zero-order chi connectivity index (χ0) is 10.5. The SMILES string of the molecule is CC[O-].CC[O-].[Al+2][c]1ccccc1. The maximum absolute atomic E-state index is 8.93. The molecule has 70 valence electrons. The zero-order valence-electron chi connectivity index (χ0n) is 8.19. The van der Waals surface area contributed by atoms with Gasteiger partial charge in [-0.3, -0.25) is 0 Å². The predicted octanol–water partition coefficient (Wildman–Crippen LogP) is -0.786. The summed E-state index contributed by atoms with van der Waals surface area (Å²) in [6.45, 7) is 3.14. The molecule has 0 aliphatic heterocycles. The van der Waals surface area contributed by atoms with Crippen LogP contribution in [0.15, 0.2) is 30.3 Å². The normalized spacial score (nSPS) is 7.54. The molecule has 0 bridgehead atoms. The van der Waals surface area contributed by atoms with Gasteiger partial charge in [0.2, 0.25) is 0 Å². The molecule has 0 amide bonds. The first-order valence-corrected chi connectivity index (χ1v) is 4.77. The van der Waals surface area contributed by atoms with Crippen molar-refractivity contribution in [3.63, 3.8) is 0 Å². The predicted molar refractivity (Wildman–Crippen MR) is 52.9 cm³/mol. The molecule has 1 rings (SSSR count). The van der Waals surface area contributed by atoms with Crippen LogP contribution in [0.5, 0.6) is 0 Å². The van der Waals surface area contributed by atoms with Gasteiger partial charge < -0.3 is 10.2 Å². The topological polar surface area (TPSA) is 46.1 Å². The Labute approximate surface area is 88.7 Å². The van der Waals surface area contributed by atoms with Crippen molar-refractivity contribution in [1.82, 2.24) is 0 Å². The molecule has 0 fully saturated rings. The molecule has 2 nitrogen and oxygen atoms in total. The van der Waals surface area contributed by atoms with Crippen LogP contribution in [0.25, 0.3) is 0 Å². The third-order valence-electron chi connectivity index (χ3n) is 0.800. The molecular formula is C10H15AlO2. The minimum absolute atomic E-state index is 0. The summed E-state index contributed by atoms with van der Waals surface area (Å²) in [5, 5.41) is 17.9. The second-order valence-electron chi connectivity index (χ2n) is 1.99. The van der Waals surface area contributed by atoms with E-state index in [1.54, 1.807) is 13.8 Å². The summed E-state index contributed by atoms with van der Waals surface area (Å²) >= 11 is 2.63. The fourth-order valence-electron chi connectivity index (χ4n) is 0.453. The first-order chi connectivity index (χ1) is 6.22. The van der Waals surface area contributed by atoms with Crippen LogP contribution in [-0.2, 0) is 0 Å². The average molecular weight is 194 g/mol. The molecule has 3 heteroatoms. The maximum atomic E-state index is 8.93. The van der Waals surface area contributed by atoms with Gasteiger partial charge in [-0.15, -0.1) is 13.2 Å². The van der Waals surface area contributed by atoms with Crippen molar-refractivity contribution in [3.05, 3.63) is 30.3 Å². The molecule has 0 aromatic heterocycles. The van der Waals surface area contributed by atoms with Gasteiger partial charge in [-0.2, -0.15) is 0 Å². The molecule has 0 aliphatic rings. The molecular weight excluding hydrogens is 179 g/mol. The van der Waals surface area contributed by atoms with Crippen LogP contribution >= 0.6 is 0 Å². The van der Waals surface area contributed by atoms with Gasteiger partial charge in [0, 0.05) is 0 Å². The molecule has 0 saturated carbocycles. The molecule has 0 N–H and O–H groups in total. The Balaban J connectivity index is 0. The van der Waals surface area contributed by atoms with Crippen LogP contribution in [0.1, 0.15) is 13.8 Å². The van der Waals surface area contributed by atoms with Crippen molar-refractivity contribution in [2.45, 2.75) is 13.8 Å². The molecule has 0 radical (unpaired) electrons. The van der Waals surface area contributed by atoms with Gasteiger partial charge in [0.15, 0.2) is 0 Å². The Morgan fingerprint density at radius 3 is 1.46 bits per heavy atom. The summed E-state index contributed by atoms with van der Waals surface area (Å²) in [7, 11) is 0. The Morgan fingerprint density at radius 1 is 1.00 bits per heavy atom. The Kier molecular flexibility index (Phi) is 16.6. The molecule has 13 heavy (non-hydrogen) atoms. The van der Waals surface area contributed by atoms with E-state index in [4.69, 9.17) is 10.2 Å². The second kappa shape index (κ2) is 14.2. The number of benzene rings is 1. The Bertz CT molecular complexity index is 164. The van der Waals surface area contributed by atoms with Crippen molar-refractivity contribution >= 4 is 20.7 Å². The molecule has 1 aromatic rings. The molecule has 1 aromatic carbocycles. The summed E-state index contributed by atoms with van der Waals surface area (Å²) in [5.41, 5.74) is 0. The summed E-state index contributed by atoms with van der Waals surface area (Å²) in [5.74, 6) is 0. The monoisotopic (exact) mass is 194 g/mol. The van der Waals surface area contributed by atoms with Crippen LogP contribution in [-0.4, -0.2) is 29.5 Å². The van der Waals surface area contributed by atoms with E-state index in [-0.39, 0.29) is 13.2 Å². The van der Waals surface area contributed by atoms with Gasteiger partial charge in [-0.25, -0.2) is 0 Å². The van der Waals surface area contributed by atoms with Crippen molar-refractivity contribution < 1.29 is 10.2 Å². The Morgan fingerprint density at radius 2 is 1.31 bits per heavy atom. The third kappa shape index (κ3) is 18.6. The first kappa shape index (κ1) is 15.2. The third-order valence-corrected chi connectivity index (χ3v) is 1.18. The van der Waals surface area contributed by atoms with E-state index in [1.165, 1.54) is 4.43 Å². The number of hydrogen-bond acceptors (Lipinski definition) is 2. The van der Waals surface area contributed by atoms with Gasteiger partial charge >= 0.3 is 51.0 Å². The molecule has 0 unspecified atom stereocenters. The summed E-state index contributed by atoms with van der Waals surface area (Å²) in [6.07, 6.45) is 0. The second-order valence-corrected chi connectivity index (χ2v) is 2.65. The Hall–Kier alpha value is -0.328. The quantitative estimate of drug-likeness (QED) is 0.508.